The van der Waals surface area contributed by atoms with E-state index in [2.05, 4.69) is 29.6 Å². The van der Waals surface area contributed by atoms with Crippen LogP contribution in [0.15, 0.2) is 42.5 Å². The Kier molecular flexibility index (Phi) is 4.75. The molecular weight excluding hydrogens is 248 g/mol. The van der Waals surface area contributed by atoms with E-state index in [1.54, 1.807) is 7.11 Å². The molecule has 102 valence electrons. The molecule has 0 amide bonds. The molecule has 0 fully saturated rings. The molecule has 2 aromatic carbocycles. The average Bonchev–Trinajstić information content (AvgIpc) is 2.46. The quantitative estimate of drug-likeness (QED) is 0.899. The van der Waals surface area contributed by atoms with Gasteiger partial charge in [0.05, 0.1) is 18.2 Å². The van der Waals surface area contributed by atoms with Crippen LogP contribution in [0.1, 0.15) is 22.3 Å². The van der Waals surface area contributed by atoms with Crippen molar-refractivity contribution >= 4 is 5.69 Å². The van der Waals surface area contributed by atoms with Gasteiger partial charge in [-0.25, -0.2) is 0 Å². The maximum Gasteiger partial charge on any atom is 0.0994 e. The molecular formula is C17H18N2O. The molecule has 1 N–H and O–H groups in total. The van der Waals surface area contributed by atoms with Gasteiger partial charge in [0.1, 0.15) is 0 Å². The van der Waals surface area contributed by atoms with Crippen LogP contribution in [0.25, 0.3) is 0 Å². The highest BCUT2D eigenvalue weighted by molar-refractivity contribution is 5.51. The van der Waals surface area contributed by atoms with E-state index >= 15 is 0 Å². The number of nitrogens with zero attached hydrogens (tertiary/aromatic N) is 1. The summed E-state index contributed by atoms with van der Waals surface area (Å²) >= 11 is 0. The van der Waals surface area contributed by atoms with E-state index in [0.717, 1.165) is 23.4 Å². The van der Waals surface area contributed by atoms with Crippen LogP contribution < -0.4 is 5.32 Å². The molecule has 20 heavy (non-hydrogen) atoms. The summed E-state index contributed by atoms with van der Waals surface area (Å²) in [5.41, 5.74) is 5.12. The van der Waals surface area contributed by atoms with Crippen molar-refractivity contribution in [2.75, 3.05) is 12.4 Å². The van der Waals surface area contributed by atoms with E-state index in [4.69, 9.17) is 10.00 Å². The fourth-order valence-electron chi connectivity index (χ4n) is 2.10. The lowest BCUT2D eigenvalue weighted by Crippen LogP contribution is -2.01. The lowest BCUT2D eigenvalue weighted by molar-refractivity contribution is 0.185. The molecule has 0 saturated heterocycles. The smallest absolute Gasteiger partial charge is 0.0994 e. The molecule has 0 aliphatic rings. The number of aryl methyl sites for hydroxylation is 1. The number of nitrogens with one attached hydrogen (secondary N) is 1. The van der Waals surface area contributed by atoms with Gasteiger partial charge in [0, 0.05) is 19.3 Å². The van der Waals surface area contributed by atoms with Crippen LogP contribution in [-0.2, 0) is 17.9 Å². The van der Waals surface area contributed by atoms with Crippen LogP contribution in [0.2, 0.25) is 0 Å². The summed E-state index contributed by atoms with van der Waals surface area (Å²) in [5.74, 6) is 0. The number of methoxy groups -OCH3 is 1. The zero-order valence-electron chi connectivity index (χ0n) is 11.8. The van der Waals surface area contributed by atoms with Crippen LogP contribution in [0.5, 0.6) is 0 Å². The fraction of sp³-hybridized carbons (Fsp3) is 0.235. The van der Waals surface area contributed by atoms with E-state index in [-0.39, 0.29) is 0 Å². The zero-order chi connectivity index (χ0) is 14.4. The second kappa shape index (κ2) is 6.74. The highest BCUT2D eigenvalue weighted by Gasteiger charge is 2.00. The summed E-state index contributed by atoms with van der Waals surface area (Å²) < 4.78 is 5.14. The molecule has 0 aliphatic heterocycles. The van der Waals surface area contributed by atoms with Crippen LogP contribution in [-0.4, -0.2) is 7.11 Å². The molecule has 2 rings (SSSR count). The van der Waals surface area contributed by atoms with Gasteiger partial charge in [-0.05, 0) is 41.8 Å². The van der Waals surface area contributed by atoms with Gasteiger partial charge in [-0.2, -0.15) is 5.26 Å². The molecule has 0 aliphatic carbocycles. The monoisotopic (exact) mass is 266 g/mol. The Balaban J connectivity index is 2.03. The predicted molar refractivity (Wildman–Crippen MR) is 80.4 cm³/mol. The van der Waals surface area contributed by atoms with Crippen LogP contribution in [0.3, 0.4) is 0 Å². The molecule has 0 atom stereocenters. The van der Waals surface area contributed by atoms with Gasteiger partial charge in [0.15, 0.2) is 0 Å². The molecule has 0 radical (unpaired) electrons. The average molecular weight is 266 g/mol. The lowest BCUT2D eigenvalue weighted by atomic mass is 10.1. The van der Waals surface area contributed by atoms with Gasteiger partial charge in [-0.1, -0.05) is 24.3 Å². The third-order valence-corrected chi connectivity index (χ3v) is 3.15. The van der Waals surface area contributed by atoms with Crippen molar-refractivity contribution in [2.45, 2.75) is 20.1 Å². The van der Waals surface area contributed by atoms with Crippen molar-refractivity contribution in [2.24, 2.45) is 0 Å². The van der Waals surface area contributed by atoms with Crippen molar-refractivity contribution in [1.82, 2.24) is 0 Å². The van der Waals surface area contributed by atoms with Crippen LogP contribution in [0.4, 0.5) is 5.69 Å². The highest BCUT2D eigenvalue weighted by atomic mass is 16.5. The number of rotatable bonds is 5. The third kappa shape index (κ3) is 3.59. The summed E-state index contributed by atoms with van der Waals surface area (Å²) in [7, 11) is 1.70. The summed E-state index contributed by atoms with van der Waals surface area (Å²) in [5, 5.41) is 12.3. The van der Waals surface area contributed by atoms with Gasteiger partial charge in [-0.15, -0.1) is 0 Å². The van der Waals surface area contributed by atoms with Gasteiger partial charge in [0.25, 0.3) is 0 Å². The number of ether oxygens (including phenoxy) is 1. The SMILES string of the molecule is COCc1cccc(CNc2ccc(C#N)c(C)c2)c1. The second-order valence-corrected chi connectivity index (χ2v) is 4.75. The molecule has 3 heteroatoms. The highest BCUT2D eigenvalue weighted by Crippen LogP contribution is 2.16. The van der Waals surface area contributed by atoms with Crippen molar-refractivity contribution in [3.8, 4) is 6.07 Å². The molecule has 2 aromatic rings. The van der Waals surface area contributed by atoms with Crippen molar-refractivity contribution in [3.63, 3.8) is 0 Å². The molecule has 0 aromatic heterocycles. The second-order valence-electron chi connectivity index (χ2n) is 4.75. The number of anilines is 1. The van der Waals surface area contributed by atoms with Crippen LogP contribution in [0, 0.1) is 18.3 Å². The largest absolute Gasteiger partial charge is 0.381 e. The number of hydrogen-bond acceptors (Lipinski definition) is 3. The first-order chi connectivity index (χ1) is 9.72. The maximum absolute atomic E-state index is 8.92. The normalized spacial score (nSPS) is 10.1. The first-order valence-electron chi connectivity index (χ1n) is 6.54. The van der Waals surface area contributed by atoms with E-state index in [1.807, 2.05) is 31.2 Å². The number of hydrogen-bond donors (Lipinski definition) is 1. The van der Waals surface area contributed by atoms with Gasteiger partial charge >= 0.3 is 0 Å². The Morgan fingerprint density at radius 3 is 2.65 bits per heavy atom. The third-order valence-electron chi connectivity index (χ3n) is 3.15. The number of nitriles is 1. The summed E-state index contributed by atoms with van der Waals surface area (Å²) in [6.07, 6.45) is 0. The van der Waals surface area contributed by atoms with E-state index in [1.165, 1.54) is 11.1 Å². The molecule has 0 heterocycles. The summed E-state index contributed by atoms with van der Waals surface area (Å²) in [6, 6.07) is 16.3. The Bertz CT molecular complexity index is 629. The van der Waals surface area contributed by atoms with Gasteiger partial charge in [0.2, 0.25) is 0 Å². The van der Waals surface area contributed by atoms with E-state index in [9.17, 15) is 0 Å². The van der Waals surface area contributed by atoms with Crippen molar-refractivity contribution in [1.29, 1.82) is 5.26 Å². The molecule has 3 nitrogen and oxygen atoms in total. The van der Waals surface area contributed by atoms with E-state index in [0.29, 0.717) is 6.61 Å². The van der Waals surface area contributed by atoms with Crippen molar-refractivity contribution < 1.29 is 4.74 Å². The zero-order valence-corrected chi connectivity index (χ0v) is 11.8. The molecule has 0 unspecified atom stereocenters. The lowest BCUT2D eigenvalue weighted by Gasteiger charge is -2.09. The predicted octanol–water partition coefficient (Wildman–Crippen LogP) is 3.63. The molecule has 0 bridgehead atoms. The molecule has 0 spiro atoms. The topological polar surface area (TPSA) is 45.0 Å². The molecule has 0 saturated carbocycles. The Hall–Kier alpha value is -2.31. The Labute approximate surface area is 119 Å². The Morgan fingerprint density at radius 2 is 1.95 bits per heavy atom. The number of benzene rings is 2. The van der Waals surface area contributed by atoms with Crippen LogP contribution >= 0.6 is 0 Å². The first kappa shape index (κ1) is 14.1. The van der Waals surface area contributed by atoms with E-state index < -0.39 is 0 Å². The maximum atomic E-state index is 8.92. The van der Waals surface area contributed by atoms with Crippen molar-refractivity contribution in [3.05, 3.63) is 64.7 Å². The minimum atomic E-state index is 0.629. The minimum absolute atomic E-state index is 0.629. The first-order valence-corrected chi connectivity index (χ1v) is 6.54. The van der Waals surface area contributed by atoms with Gasteiger partial charge in [-0.3, -0.25) is 0 Å². The summed E-state index contributed by atoms with van der Waals surface area (Å²) in [6.45, 7) is 3.33. The summed E-state index contributed by atoms with van der Waals surface area (Å²) in [4.78, 5) is 0. The minimum Gasteiger partial charge on any atom is -0.381 e. The fourth-order valence-corrected chi connectivity index (χ4v) is 2.10. The Morgan fingerprint density at radius 1 is 1.15 bits per heavy atom. The standard InChI is InChI=1S/C17H18N2O/c1-13-8-17(7-6-16(13)10-18)19-11-14-4-3-5-15(9-14)12-20-2/h3-9,19H,11-12H2,1-2H3. The van der Waals surface area contributed by atoms with Gasteiger partial charge < -0.3 is 10.1 Å².